The first-order valence-electron chi connectivity index (χ1n) is 10.2. The molecule has 2 aliphatic rings. The Morgan fingerprint density at radius 1 is 1.13 bits per heavy atom. The lowest BCUT2D eigenvalue weighted by molar-refractivity contribution is -0.141. The molecule has 162 valence electrons. The van der Waals surface area contributed by atoms with Crippen LogP contribution in [0.5, 0.6) is 0 Å². The molecule has 30 heavy (non-hydrogen) atoms. The molecule has 2 atom stereocenters. The molecule has 2 fully saturated rings. The lowest BCUT2D eigenvalue weighted by atomic mass is 9.78. The first kappa shape index (κ1) is 20.6. The number of pyridine rings is 1. The number of aryl methyl sites for hydroxylation is 1. The summed E-state index contributed by atoms with van der Waals surface area (Å²) in [4.78, 5) is 43.8. The zero-order valence-corrected chi connectivity index (χ0v) is 16.6. The molecule has 2 aromatic heterocycles. The fourth-order valence-corrected chi connectivity index (χ4v) is 4.83. The number of fused-ring (bicyclic) bond motifs is 2. The Kier molecular flexibility index (Phi) is 5.19. The summed E-state index contributed by atoms with van der Waals surface area (Å²) in [6, 6.07) is 1.85. The van der Waals surface area contributed by atoms with Gasteiger partial charge in [0, 0.05) is 19.6 Å². The number of halogens is 3. The standard InChI is InChI=1S/C20H23F3N4O3/c1-25-17-13(8-9-15(24-17)20(21,22)23)18(29)27(19(25)30)11-16(28)26-10-4-6-12-5-2-3-7-14(12)26/h8-9,12,14H,2-7,10-11H2,1H3. The summed E-state index contributed by atoms with van der Waals surface area (Å²) in [5.74, 6) is 0.155. The number of piperidine rings is 1. The number of hydrogen-bond donors (Lipinski definition) is 0. The summed E-state index contributed by atoms with van der Waals surface area (Å²) in [5.41, 5.74) is -3.20. The topological polar surface area (TPSA) is 77.2 Å². The Balaban J connectivity index is 1.70. The summed E-state index contributed by atoms with van der Waals surface area (Å²) in [5, 5.41) is -0.132. The molecule has 3 heterocycles. The second-order valence-corrected chi connectivity index (χ2v) is 8.14. The number of rotatable bonds is 2. The van der Waals surface area contributed by atoms with E-state index in [1.54, 1.807) is 4.90 Å². The highest BCUT2D eigenvalue weighted by Gasteiger charge is 2.36. The Hall–Kier alpha value is -2.65. The van der Waals surface area contributed by atoms with Crippen molar-refractivity contribution in [1.29, 1.82) is 0 Å². The Bertz CT molecular complexity index is 1100. The molecule has 1 saturated heterocycles. The fourth-order valence-electron chi connectivity index (χ4n) is 4.83. The van der Waals surface area contributed by atoms with Gasteiger partial charge >= 0.3 is 11.9 Å². The van der Waals surface area contributed by atoms with Gasteiger partial charge in [-0.1, -0.05) is 12.8 Å². The predicted molar refractivity (Wildman–Crippen MR) is 103 cm³/mol. The largest absolute Gasteiger partial charge is 0.433 e. The van der Waals surface area contributed by atoms with Crippen molar-refractivity contribution in [2.75, 3.05) is 6.54 Å². The van der Waals surface area contributed by atoms with E-state index in [4.69, 9.17) is 0 Å². The normalized spacial score (nSPS) is 22.2. The summed E-state index contributed by atoms with van der Waals surface area (Å²) in [6.07, 6.45) is 1.49. The highest BCUT2D eigenvalue weighted by Crippen LogP contribution is 2.35. The molecule has 0 radical (unpaired) electrons. The zero-order chi connectivity index (χ0) is 21.6. The molecule has 2 unspecified atom stereocenters. The molecular weight excluding hydrogens is 401 g/mol. The Morgan fingerprint density at radius 3 is 2.57 bits per heavy atom. The first-order chi connectivity index (χ1) is 14.2. The third kappa shape index (κ3) is 3.52. The number of carbonyl (C=O) groups excluding carboxylic acids is 1. The highest BCUT2D eigenvalue weighted by molar-refractivity contribution is 5.78. The van der Waals surface area contributed by atoms with Crippen LogP contribution in [0.1, 0.15) is 44.2 Å². The fraction of sp³-hybridized carbons (Fsp3) is 0.600. The summed E-state index contributed by atoms with van der Waals surface area (Å²) in [6.45, 7) is 0.171. The van der Waals surface area contributed by atoms with E-state index in [0.29, 0.717) is 18.5 Å². The van der Waals surface area contributed by atoms with Crippen molar-refractivity contribution < 1.29 is 18.0 Å². The minimum atomic E-state index is -4.69. The number of amides is 1. The molecule has 4 rings (SSSR count). The van der Waals surface area contributed by atoms with Crippen LogP contribution >= 0.6 is 0 Å². The maximum absolute atomic E-state index is 13.0. The van der Waals surface area contributed by atoms with E-state index in [0.717, 1.165) is 53.7 Å². The van der Waals surface area contributed by atoms with E-state index in [9.17, 15) is 27.6 Å². The minimum Gasteiger partial charge on any atom is -0.338 e. The van der Waals surface area contributed by atoms with E-state index in [2.05, 4.69) is 4.98 Å². The molecule has 1 aliphatic carbocycles. The van der Waals surface area contributed by atoms with Crippen LogP contribution in [0.3, 0.4) is 0 Å². The van der Waals surface area contributed by atoms with Gasteiger partial charge in [0.05, 0.1) is 5.39 Å². The maximum Gasteiger partial charge on any atom is 0.433 e. The minimum absolute atomic E-state index is 0.132. The van der Waals surface area contributed by atoms with Gasteiger partial charge in [-0.05, 0) is 43.7 Å². The van der Waals surface area contributed by atoms with Crippen molar-refractivity contribution in [3.8, 4) is 0 Å². The molecular formula is C20H23F3N4O3. The third-order valence-corrected chi connectivity index (χ3v) is 6.33. The average molecular weight is 424 g/mol. The summed E-state index contributed by atoms with van der Waals surface area (Å²) < 4.78 is 40.6. The van der Waals surface area contributed by atoms with E-state index >= 15 is 0 Å². The highest BCUT2D eigenvalue weighted by atomic mass is 19.4. The van der Waals surface area contributed by atoms with Gasteiger partial charge in [0.25, 0.3) is 5.56 Å². The molecule has 10 heteroatoms. The SMILES string of the molecule is Cn1c(=O)n(CC(=O)N2CCCC3CCCCC32)c(=O)c2ccc(C(F)(F)F)nc21. The van der Waals surface area contributed by atoms with E-state index in [1.807, 2.05) is 0 Å². The summed E-state index contributed by atoms with van der Waals surface area (Å²) in [7, 11) is 1.25. The second-order valence-electron chi connectivity index (χ2n) is 8.14. The lowest BCUT2D eigenvalue weighted by Gasteiger charge is -2.44. The van der Waals surface area contributed by atoms with E-state index in [1.165, 1.54) is 7.05 Å². The number of hydrogen-bond acceptors (Lipinski definition) is 4. The van der Waals surface area contributed by atoms with Crippen LogP contribution in [0.15, 0.2) is 21.7 Å². The molecule has 7 nitrogen and oxygen atoms in total. The van der Waals surface area contributed by atoms with Crippen LogP contribution in [0.2, 0.25) is 0 Å². The van der Waals surface area contributed by atoms with Crippen molar-refractivity contribution >= 4 is 16.9 Å². The third-order valence-electron chi connectivity index (χ3n) is 6.33. The quantitative estimate of drug-likeness (QED) is 0.741. The van der Waals surface area contributed by atoms with Crippen LogP contribution in [0.25, 0.3) is 11.0 Å². The van der Waals surface area contributed by atoms with Crippen molar-refractivity contribution in [3.63, 3.8) is 0 Å². The van der Waals surface area contributed by atoms with Crippen LogP contribution in [-0.2, 0) is 24.6 Å². The molecule has 1 amide bonds. The second kappa shape index (κ2) is 7.55. The number of likely N-dealkylation sites (tertiary alicyclic amines) is 1. The molecule has 0 spiro atoms. The van der Waals surface area contributed by atoms with Crippen LogP contribution in [-0.4, -0.2) is 37.5 Å². The number of carbonyl (C=O) groups is 1. The molecule has 0 bridgehead atoms. The maximum atomic E-state index is 13.0. The monoisotopic (exact) mass is 424 g/mol. The number of alkyl halides is 3. The molecule has 0 aromatic carbocycles. The predicted octanol–water partition coefficient (Wildman–Crippen LogP) is 2.30. The van der Waals surface area contributed by atoms with Crippen molar-refractivity contribution in [1.82, 2.24) is 19.0 Å². The number of nitrogens with zero attached hydrogens (tertiary/aromatic N) is 4. The van der Waals surface area contributed by atoms with Gasteiger partial charge in [-0.3, -0.25) is 18.7 Å². The van der Waals surface area contributed by atoms with E-state index in [-0.39, 0.29) is 23.0 Å². The molecule has 1 aliphatic heterocycles. The van der Waals surface area contributed by atoms with Gasteiger partial charge in [-0.15, -0.1) is 0 Å². The summed E-state index contributed by atoms with van der Waals surface area (Å²) >= 11 is 0. The van der Waals surface area contributed by atoms with Gasteiger partial charge in [-0.25, -0.2) is 9.78 Å². The van der Waals surface area contributed by atoms with Gasteiger partial charge in [-0.2, -0.15) is 13.2 Å². The van der Waals surface area contributed by atoms with Crippen LogP contribution in [0.4, 0.5) is 13.2 Å². The number of aromatic nitrogens is 3. The average Bonchev–Trinajstić information content (AvgIpc) is 2.73. The zero-order valence-electron chi connectivity index (χ0n) is 16.6. The van der Waals surface area contributed by atoms with Gasteiger partial charge in [0.2, 0.25) is 5.91 Å². The first-order valence-corrected chi connectivity index (χ1v) is 10.2. The van der Waals surface area contributed by atoms with Gasteiger partial charge in [0.1, 0.15) is 17.9 Å². The molecule has 1 saturated carbocycles. The van der Waals surface area contributed by atoms with Crippen molar-refractivity contribution in [2.45, 2.75) is 57.3 Å². The molecule has 0 N–H and O–H groups in total. The Labute approximate surface area is 170 Å². The van der Waals surface area contributed by atoms with Gasteiger partial charge in [0.15, 0.2) is 0 Å². The molecule has 2 aromatic rings. The lowest BCUT2D eigenvalue weighted by Crippen LogP contribution is -2.52. The van der Waals surface area contributed by atoms with Crippen LogP contribution < -0.4 is 11.2 Å². The Morgan fingerprint density at radius 2 is 1.83 bits per heavy atom. The van der Waals surface area contributed by atoms with Crippen LogP contribution in [0, 0.1) is 5.92 Å². The van der Waals surface area contributed by atoms with Crippen molar-refractivity contribution in [3.05, 3.63) is 38.7 Å². The van der Waals surface area contributed by atoms with Crippen molar-refractivity contribution in [2.24, 2.45) is 13.0 Å². The van der Waals surface area contributed by atoms with E-state index < -0.39 is 29.7 Å². The smallest absolute Gasteiger partial charge is 0.338 e. The van der Waals surface area contributed by atoms with Gasteiger partial charge < -0.3 is 4.90 Å².